The fourth-order valence-corrected chi connectivity index (χ4v) is 5.52. The smallest absolute Gasteiger partial charge is 0.338 e. The van der Waals surface area contributed by atoms with Gasteiger partial charge < -0.3 is 18.8 Å². The molecule has 1 heterocycles. The number of ether oxygens (including phenoxy) is 2. The van der Waals surface area contributed by atoms with Gasteiger partial charge in [0.15, 0.2) is 0 Å². The molecule has 0 fully saturated rings. The van der Waals surface area contributed by atoms with E-state index in [2.05, 4.69) is 80.1 Å². The maximum absolute atomic E-state index is 13.5. The number of carbonyl (C=O) groups excluding carboxylic acids is 2. The predicted octanol–water partition coefficient (Wildman–Crippen LogP) is 7.31. The Morgan fingerprint density at radius 3 is 2.23 bits per heavy atom. The van der Waals surface area contributed by atoms with Crippen LogP contribution in [0.25, 0.3) is 33.4 Å². The zero-order valence-corrected chi connectivity index (χ0v) is 26.8. The third-order valence-electron chi connectivity index (χ3n) is 7.97. The van der Waals surface area contributed by atoms with E-state index in [1.54, 1.807) is 6.92 Å². The van der Waals surface area contributed by atoms with Crippen molar-refractivity contribution in [2.45, 2.75) is 53.9 Å². The Morgan fingerprint density at radius 1 is 0.841 bits per heavy atom. The van der Waals surface area contributed by atoms with Gasteiger partial charge in [0.2, 0.25) is 5.36 Å². The molecule has 0 atom stereocenters. The van der Waals surface area contributed by atoms with Gasteiger partial charge in [-0.1, -0.05) is 24.8 Å². The fraction of sp³-hybridized carbons (Fsp3) is 0.378. The van der Waals surface area contributed by atoms with Crippen LogP contribution in [-0.2, 0) is 14.3 Å². The van der Waals surface area contributed by atoms with E-state index in [-0.39, 0.29) is 18.5 Å². The lowest BCUT2D eigenvalue weighted by Crippen LogP contribution is -2.29. The Bertz CT molecular complexity index is 1660. The average molecular weight is 598 g/mol. The number of benzene rings is 3. The molecule has 0 amide bonds. The minimum atomic E-state index is -0.379. The molecule has 0 saturated carbocycles. The minimum Gasteiger partial charge on any atom is -0.462 e. The van der Waals surface area contributed by atoms with Gasteiger partial charge in [-0.2, -0.15) is 0 Å². The molecule has 1 aliphatic carbocycles. The zero-order chi connectivity index (χ0) is 31.6. The zero-order valence-electron chi connectivity index (χ0n) is 26.8. The number of rotatable bonds is 14. The number of carbonyl (C=O) groups is 2. The Morgan fingerprint density at radius 2 is 1.55 bits per heavy atom. The van der Waals surface area contributed by atoms with Crippen LogP contribution in [0.3, 0.4) is 0 Å². The largest absolute Gasteiger partial charge is 0.462 e. The summed E-state index contributed by atoms with van der Waals surface area (Å²) >= 11 is 0. The molecule has 2 aliphatic rings. The van der Waals surface area contributed by atoms with Gasteiger partial charge in [0.1, 0.15) is 24.4 Å². The van der Waals surface area contributed by atoms with Gasteiger partial charge in [0, 0.05) is 53.0 Å². The van der Waals surface area contributed by atoms with Crippen molar-refractivity contribution >= 4 is 28.6 Å². The molecule has 2 aromatic carbocycles. The Hall–Kier alpha value is -4.39. The second-order valence-electron chi connectivity index (χ2n) is 10.8. The Labute approximate surface area is 260 Å². The van der Waals surface area contributed by atoms with Gasteiger partial charge >= 0.3 is 11.9 Å². The maximum atomic E-state index is 13.5. The average Bonchev–Trinajstić information content (AvgIpc) is 3.04. The highest BCUT2D eigenvalue weighted by molar-refractivity contribution is 6.08. The van der Waals surface area contributed by atoms with Crippen LogP contribution in [0, 0.1) is 0 Å². The van der Waals surface area contributed by atoms with E-state index in [4.69, 9.17) is 13.9 Å². The molecule has 2 aromatic rings. The quantitative estimate of drug-likeness (QED) is 0.0499. The number of hydrogen-bond acceptors (Lipinski definition) is 6. The summed E-state index contributed by atoms with van der Waals surface area (Å²) in [5.74, 6) is 0.0235. The van der Waals surface area contributed by atoms with E-state index in [1.165, 1.54) is 0 Å². The second-order valence-corrected chi connectivity index (χ2v) is 10.8. The Balaban J connectivity index is 1.71. The number of anilines is 1. The molecule has 7 heteroatoms. The van der Waals surface area contributed by atoms with Crippen LogP contribution in [-0.4, -0.2) is 51.3 Å². The van der Waals surface area contributed by atoms with Gasteiger partial charge in [-0.15, -0.1) is 0 Å². The van der Waals surface area contributed by atoms with E-state index >= 15 is 0 Å². The summed E-state index contributed by atoms with van der Waals surface area (Å²) in [4.78, 5) is 27.3. The summed E-state index contributed by atoms with van der Waals surface area (Å²) in [6.07, 6.45) is 2.15. The molecule has 7 nitrogen and oxygen atoms in total. The summed E-state index contributed by atoms with van der Waals surface area (Å²) in [5, 5.41) is 2.03. The van der Waals surface area contributed by atoms with Gasteiger partial charge in [-0.05, 0) is 83.7 Å². The van der Waals surface area contributed by atoms with Crippen LogP contribution in [0.4, 0.5) is 5.69 Å². The fourth-order valence-electron chi connectivity index (χ4n) is 5.52. The lowest BCUT2D eigenvalue weighted by molar-refractivity contribution is -0.139. The van der Waals surface area contributed by atoms with Crippen molar-refractivity contribution in [2.24, 2.45) is 0 Å². The molecule has 0 saturated heterocycles. The number of fused-ring (bicyclic) bond motifs is 2. The molecule has 0 unspecified atom stereocenters. The first-order valence-electron chi connectivity index (χ1n) is 15.7. The van der Waals surface area contributed by atoms with Gasteiger partial charge in [0.05, 0.1) is 24.8 Å². The number of hydrogen-bond donors (Lipinski definition) is 0. The van der Waals surface area contributed by atoms with Crippen molar-refractivity contribution in [2.75, 3.05) is 44.3 Å². The third kappa shape index (κ3) is 7.39. The van der Waals surface area contributed by atoms with Gasteiger partial charge in [-0.3, -0.25) is 0 Å². The third-order valence-corrected chi connectivity index (χ3v) is 7.97. The summed E-state index contributed by atoms with van der Waals surface area (Å²) in [7, 11) is 0. The van der Waals surface area contributed by atoms with Crippen LogP contribution < -0.4 is 14.8 Å². The maximum Gasteiger partial charge on any atom is 0.338 e. The van der Waals surface area contributed by atoms with Crippen LogP contribution in [0.15, 0.2) is 77.2 Å². The normalized spacial score (nSPS) is 11.0. The topological polar surface area (TPSA) is 72.0 Å². The highest BCUT2D eigenvalue weighted by atomic mass is 16.5. The van der Waals surface area contributed by atoms with Gasteiger partial charge in [-0.25, -0.2) is 14.2 Å². The first kappa shape index (κ1) is 32.5. The number of esters is 2. The molecule has 232 valence electrons. The van der Waals surface area contributed by atoms with Crippen LogP contribution in [0.1, 0.15) is 64.2 Å². The highest BCUT2D eigenvalue weighted by Crippen LogP contribution is 2.42. The summed E-state index contributed by atoms with van der Waals surface area (Å²) in [6.45, 7) is 18.0. The van der Waals surface area contributed by atoms with Crippen molar-refractivity contribution in [1.29, 1.82) is 0 Å². The van der Waals surface area contributed by atoms with Crippen molar-refractivity contribution in [1.82, 2.24) is 4.58 Å². The standard InChI is InChI=1S/C37H45N2O5/c1-7-38(8-2)27-18-20-31-33(24-27)44-34-25-28(39(9-3)10-4)19-21-32(34)35(31)29-16-12-13-17-30(29)37(41)43-23-15-11-14-22-42-36(40)26(5)6/h12-13,16-21,24-25H,5,7-11,14-15,22-23H2,1-4,6H3/q+1. The van der Waals surface area contributed by atoms with E-state index in [1.807, 2.05) is 24.3 Å². The van der Waals surface area contributed by atoms with Crippen molar-refractivity contribution in [3.05, 3.63) is 83.7 Å². The van der Waals surface area contributed by atoms with E-state index in [0.717, 1.165) is 77.1 Å². The van der Waals surface area contributed by atoms with Crippen LogP contribution >= 0.6 is 0 Å². The van der Waals surface area contributed by atoms with Crippen molar-refractivity contribution < 1.29 is 23.5 Å². The summed E-state index contributed by atoms with van der Waals surface area (Å²) in [6, 6.07) is 20.3. The first-order chi connectivity index (χ1) is 21.3. The second kappa shape index (κ2) is 15.4. The SMILES string of the molecule is C=C(C)C(=O)OCCCCCOC(=O)c1ccccc1-c1c2ccc(=[N+](CC)CC)cc-2oc2cc(N(CC)CC)ccc12. The molecule has 0 radical (unpaired) electrons. The molecule has 4 rings (SSSR count). The molecule has 1 aliphatic heterocycles. The summed E-state index contributed by atoms with van der Waals surface area (Å²) < 4.78 is 19.8. The van der Waals surface area contributed by atoms with E-state index < -0.39 is 0 Å². The molecular weight excluding hydrogens is 552 g/mol. The summed E-state index contributed by atoms with van der Waals surface area (Å²) in [5.41, 5.74) is 5.46. The molecule has 0 N–H and O–H groups in total. The lowest BCUT2D eigenvalue weighted by atomic mass is 9.90. The molecular formula is C37H45N2O5+. The lowest BCUT2D eigenvalue weighted by Gasteiger charge is -2.22. The predicted molar refractivity (Wildman–Crippen MR) is 178 cm³/mol. The van der Waals surface area contributed by atoms with Crippen molar-refractivity contribution in [3.63, 3.8) is 0 Å². The molecule has 0 bridgehead atoms. The Kier molecular flexibility index (Phi) is 11.4. The number of unbranched alkanes of at least 4 members (excludes halogenated alkanes) is 2. The van der Waals surface area contributed by atoms with E-state index in [0.29, 0.717) is 30.6 Å². The minimum absolute atomic E-state index is 0.285. The monoisotopic (exact) mass is 597 g/mol. The first-order valence-corrected chi connectivity index (χ1v) is 15.7. The molecule has 0 spiro atoms. The van der Waals surface area contributed by atoms with Crippen LogP contribution in [0.2, 0.25) is 0 Å². The molecule has 0 aromatic heterocycles. The van der Waals surface area contributed by atoms with Crippen molar-refractivity contribution in [3.8, 4) is 22.5 Å². The molecule has 44 heavy (non-hydrogen) atoms. The van der Waals surface area contributed by atoms with Crippen LogP contribution in [0.5, 0.6) is 0 Å². The van der Waals surface area contributed by atoms with E-state index in [9.17, 15) is 9.59 Å². The number of nitrogens with zero attached hydrogens (tertiary/aromatic N) is 2. The highest BCUT2D eigenvalue weighted by Gasteiger charge is 2.23. The van der Waals surface area contributed by atoms with Gasteiger partial charge in [0.25, 0.3) is 0 Å².